The Kier molecular flexibility index (Phi) is 6.44. The maximum Gasteiger partial charge on any atom is 0.336 e. The largest absolute Gasteiger partial charge is 0.486 e. The number of carbonyl (C=O) groups is 1. The van der Waals surface area contributed by atoms with Crippen molar-refractivity contribution in [3.05, 3.63) is 48.1 Å². The molecule has 0 radical (unpaired) electrons. The lowest BCUT2D eigenvalue weighted by molar-refractivity contribution is -0.129. The van der Waals surface area contributed by atoms with Crippen molar-refractivity contribution in [1.82, 2.24) is 0 Å². The van der Waals surface area contributed by atoms with Crippen LogP contribution in [-0.4, -0.2) is 12.6 Å². The van der Waals surface area contributed by atoms with Crippen LogP contribution < -0.4 is 9.47 Å². The molecule has 19 heavy (non-hydrogen) atoms. The average molecular weight is 260 g/mol. The van der Waals surface area contributed by atoms with Gasteiger partial charge in [0, 0.05) is 6.08 Å². The first-order chi connectivity index (χ1) is 9.13. The van der Waals surface area contributed by atoms with Gasteiger partial charge in [0.15, 0.2) is 11.5 Å². The number of benzene rings is 1. The Hall–Kier alpha value is -2.03. The van der Waals surface area contributed by atoms with E-state index in [4.69, 9.17) is 9.47 Å². The van der Waals surface area contributed by atoms with Crippen LogP contribution in [0.5, 0.6) is 11.5 Å². The van der Waals surface area contributed by atoms with E-state index in [9.17, 15) is 4.79 Å². The van der Waals surface area contributed by atoms with Crippen molar-refractivity contribution in [3.63, 3.8) is 0 Å². The second-order valence-electron chi connectivity index (χ2n) is 4.28. The highest BCUT2D eigenvalue weighted by Gasteiger charge is 2.07. The number of hydrogen-bond acceptors (Lipinski definition) is 3. The summed E-state index contributed by atoms with van der Waals surface area (Å²) in [6, 6.07) is 7.15. The number of carbonyl (C=O) groups excluding carboxylic acids is 1. The number of esters is 1. The van der Waals surface area contributed by atoms with Crippen molar-refractivity contribution >= 4 is 5.97 Å². The Bertz CT molecular complexity index is 469. The molecule has 0 amide bonds. The van der Waals surface area contributed by atoms with Gasteiger partial charge in [0.05, 0.1) is 0 Å². The molecule has 0 spiro atoms. The van der Waals surface area contributed by atoms with Crippen molar-refractivity contribution in [3.8, 4) is 11.5 Å². The molecule has 0 saturated heterocycles. The van der Waals surface area contributed by atoms with E-state index in [0.717, 1.165) is 12.0 Å². The van der Waals surface area contributed by atoms with E-state index in [0.29, 0.717) is 18.1 Å². The number of ether oxygens (including phenoxy) is 2. The van der Waals surface area contributed by atoms with E-state index in [1.54, 1.807) is 18.2 Å². The molecule has 0 bridgehead atoms. The molecule has 0 saturated carbocycles. The quantitative estimate of drug-likeness (QED) is 0.337. The van der Waals surface area contributed by atoms with Crippen molar-refractivity contribution in [2.45, 2.75) is 27.2 Å². The Labute approximate surface area is 114 Å². The molecule has 0 aliphatic carbocycles. The number of allylic oxidation sites excluding steroid dienone is 2. The van der Waals surface area contributed by atoms with Crippen molar-refractivity contribution in [1.29, 1.82) is 0 Å². The predicted molar refractivity (Wildman–Crippen MR) is 76.4 cm³/mol. The van der Waals surface area contributed by atoms with Crippen LogP contribution in [0.3, 0.4) is 0 Å². The standard InChI is InChI=1S/C16H20O3/c1-4-5-8-11-18-14-9-6-7-10-15(14)19-16(17)12-13(2)3/h5-10,12H,4,11H2,1-3H3. The summed E-state index contributed by atoms with van der Waals surface area (Å²) < 4.78 is 10.8. The van der Waals surface area contributed by atoms with Crippen molar-refractivity contribution < 1.29 is 14.3 Å². The van der Waals surface area contributed by atoms with Crippen LogP contribution in [-0.2, 0) is 4.79 Å². The van der Waals surface area contributed by atoms with Crippen LogP contribution >= 0.6 is 0 Å². The second-order valence-corrected chi connectivity index (χ2v) is 4.28. The summed E-state index contributed by atoms with van der Waals surface area (Å²) in [5.41, 5.74) is 0.897. The smallest absolute Gasteiger partial charge is 0.336 e. The van der Waals surface area contributed by atoms with Gasteiger partial charge in [-0.05, 0) is 32.4 Å². The van der Waals surface area contributed by atoms with Crippen LogP contribution in [0.15, 0.2) is 48.1 Å². The van der Waals surface area contributed by atoms with E-state index < -0.39 is 0 Å². The van der Waals surface area contributed by atoms with E-state index in [2.05, 4.69) is 6.92 Å². The normalized spacial score (nSPS) is 10.3. The molecular weight excluding hydrogens is 240 g/mol. The Balaban J connectivity index is 2.70. The van der Waals surface area contributed by atoms with Gasteiger partial charge in [-0.1, -0.05) is 36.8 Å². The fourth-order valence-corrected chi connectivity index (χ4v) is 1.40. The topological polar surface area (TPSA) is 35.5 Å². The summed E-state index contributed by atoms with van der Waals surface area (Å²) in [5.74, 6) is 0.619. The second kappa shape index (κ2) is 8.14. The summed E-state index contributed by atoms with van der Waals surface area (Å²) >= 11 is 0. The van der Waals surface area contributed by atoms with Gasteiger partial charge in [0.25, 0.3) is 0 Å². The highest BCUT2D eigenvalue weighted by Crippen LogP contribution is 2.26. The molecule has 0 unspecified atom stereocenters. The fourth-order valence-electron chi connectivity index (χ4n) is 1.40. The van der Waals surface area contributed by atoms with E-state index in [1.807, 2.05) is 32.1 Å². The average Bonchev–Trinajstić information content (AvgIpc) is 2.35. The molecular formula is C16H20O3. The zero-order chi connectivity index (χ0) is 14.1. The first-order valence-electron chi connectivity index (χ1n) is 6.37. The zero-order valence-electron chi connectivity index (χ0n) is 11.7. The van der Waals surface area contributed by atoms with Gasteiger partial charge in [-0.3, -0.25) is 0 Å². The lowest BCUT2D eigenvalue weighted by Crippen LogP contribution is -2.06. The minimum atomic E-state index is -0.389. The molecule has 0 aliphatic heterocycles. The molecule has 0 aromatic heterocycles. The maximum absolute atomic E-state index is 11.6. The molecule has 0 N–H and O–H groups in total. The lowest BCUT2D eigenvalue weighted by atomic mass is 10.3. The third-order valence-corrected chi connectivity index (χ3v) is 2.20. The number of hydrogen-bond donors (Lipinski definition) is 0. The molecule has 0 aliphatic rings. The van der Waals surface area contributed by atoms with Gasteiger partial charge in [0.2, 0.25) is 0 Å². The summed E-state index contributed by atoms with van der Waals surface area (Å²) in [5, 5.41) is 0. The Morgan fingerprint density at radius 2 is 1.84 bits per heavy atom. The van der Waals surface area contributed by atoms with Gasteiger partial charge < -0.3 is 9.47 Å². The van der Waals surface area contributed by atoms with Gasteiger partial charge in [-0.25, -0.2) is 4.79 Å². The van der Waals surface area contributed by atoms with Crippen LogP contribution in [0.4, 0.5) is 0 Å². The molecule has 3 heteroatoms. The maximum atomic E-state index is 11.6. The Morgan fingerprint density at radius 3 is 2.47 bits per heavy atom. The zero-order valence-corrected chi connectivity index (χ0v) is 11.7. The van der Waals surface area contributed by atoms with Gasteiger partial charge in [-0.2, -0.15) is 0 Å². The molecule has 102 valence electrons. The predicted octanol–water partition coefficient (Wildman–Crippen LogP) is 3.90. The van der Waals surface area contributed by atoms with Gasteiger partial charge in [-0.15, -0.1) is 0 Å². The number of rotatable bonds is 6. The highest BCUT2D eigenvalue weighted by molar-refractivity contribution is 5.85. The molecule has 1 aromatic rings. The third-order valence-electron chi connectivity index (χ3n) is 2.20. The van der Waals surface area contributed by atoms with E-state index in [-0.39, 0.29) is 5.97 Å². The summed E-state index contributed by atoms with van der Waals surface area (Å²) in [4.78, 5) is 11.6. The van der Waals surface area contributed by atoms with Gasteiger partial charge >= 0.3 is 5.97 Å². The molecule has 1 rings (SSSR count). The van der Waals surface area contributed by atoms with Crippen molar-refractivity contribution in [2.24, 2.45) is 0 Å². The molecule has 3 nitrogen and oxygen atoms in total. The summed E-state index contributed by atoms with van der Waals surface area (Å²) in [6.07, 6.45) is 6.39. The van der Waals surface area contributed by atoms with Crippen LogP contribution in [0.2, 0.25) is 0 Å². The third kappa shape index (κ3) is 5.91. The highest BCUT2D eigenvalue weighted by atomic mass is 16.6. The first kappa shape index (κ1) is 15.0. The lowest BCUT2D eigenvalue weighted by Gasteiger charge is -2.09. The summed E-state index contributed by atoms with van der Waals surface area (Å²) in [7, 11) is 0. The van der Waals surface area contributed by atoms with Gasteiger partial charge in [0.1, 0.15) is 6.61 Å². The van der Waals surface area contributed by atoms with Crippen molar-refractivity contribution in [2.75, 3.05) is 6.61 Å². The van der Waals surface area contributed by atoms with Crippen LogP contribution in [0, 0.1) is 0 Å². The first-order valence-corrected chi connectivity index (χ1v) is 6.37. The molecule has 1 aromatic carbocycles. The SMILES string of the molecule is CCC=CCOc1ccccc1OC(=O)C=C(C)C. The van der Waals surface area contributed by atoms with E-state index >= 15 is 0 Å². The monoisotopic (exact) mass is 260 g/mol. The molecule has 0 atom stereocenters. The Morgan fingerprint density at radius 1 is 1.16 bits per heavy atom. The minimum absolute atomic E-state index is 0.389. The molecule has 0 fully saturated rings. The van der Waals surface area contributed by atoms with Crippen LogP contribution in [0.25, 0.3) is 0 Å². The number of para-hydroxylation sites is 2. The summed E-state index contributed by atoms with van der Waals surface area (Å²) in [6.45, 7) is 6.22. The van der Waals surface area contributed by atoms with Crippen LogP contribution in [0.1, 0.15) is 27.2 Å². The minimum Gasteiger partial charge on any atom is -0.486 e. The fraction of sp³-hybridized carbons (Fsp3) is 0.312. The molecule has 0 heterocycles. The van der Waals surface area contributed by atoms with E-state index in [1.165, 1.54) is 6.08 Å².